The molecular formula is C16H32N2O2S. The van der Waals surface area contributed by atoms with Gasteiger partial charge in [0.15, 0.2) is 9.84 Å². The van der Waals surface area contributed by atoms with Crippen LogP contribution in [0.4, 0.5) is 0 Å². The van der Waals surface area contributed by atoms with E-state index in [1.807, 2.05) is 0 Å². The smallest absolute Gasteiger partial charge is 0.152 e. The number of sulfone groups is 1. The summed E-state index contributed by atoms with van der Waals surface area (Å²) in [6, 6.07) is 0.482. The Hall–Kier alpha value is -0.130. The maximum atomic E-state index is 11.6. The first-order valence-corrected chi connectivity index (χ1v) is 10.3. The number of hydrogen-bond acceptors (Lipinski definition) is 4. The van der Waals surface area contributed by atoms with Gasteiger partial charge in [0.1, 0.15) is 0 Å². The molecule has 0 aromatic heterocycles. The van der Waals surface area contributed by atoms with Crippen molar-refractivity contribution in [3.8, 4) is 0 Å². The van der Waals surface area contributed by atoms with E-state index in [0.29, 0.717) is 42.0 Å². The summed E-state index contributed by atoms with van der Waals surface area (Å²) in [7, 11) is -2.80. The fourth-order valence-corrected chi connectivity index (χ4v) is 5.22. The van der Waals surface area contributed by atoms with Crippen LogP contribution < -0.4 is 5.73 Å². The highest BCUT2D eigenvalue weighted by Crippen LogP contribution is 2.43. The van der Waals surface area contributed by atoms with Gasteiger partial charge in [0.05, 0.1) is 11.5 Å². The first-order chi connectivity index (χ1) is 9.79. The molecule has 124 valence electrons. The molecule has 3 atom stereocenters. The molecule has 4 nitrogen and oxygen atoms in total. The third-order valence-corrected chi connectivity index (χ3v) is 7.73. The molecule has 2 fully saturated rings. The Morgan fingerprint density at radius 3 is 2.33 bits per heavy atom. The minimum Gasteiger partial charge on any atom is -0.330 e. The van der Waals surface area contributed by atoms with E-state index in [0.717, 1.165) is 12.5 Å². The molecule has 2 N–H and O–H groups in total. The molecular weight excluding hydrogens is 284 g/mol. The van der Waals surface area contributed by atoms with E-state index in [4.69, 9.17) is 5.73 Å². The topological polar surface area (TPSA) is 63.4 Å². The van der Waals surface area contributed by atoms with Crippen molar-refractivity contribution >= 4 is 9.84 Å². The first-order valence-electron chi connectivity index (χ1n) is 8.43. The molecule has 0 amide bonds. The molecule has 3 unspecified atom stereocenters. The Bertz CT molecular complexity index is 433. The Kier molecular flexibility index (Phi) is 5.37. The van der Waals surface area contributed by atoms with Crippen LogP contribution in [0, 0.1) is 17.3 Å². The van der Waals surface area contributed by atoms with Crippen LogP contribution in [-0.2, 0) is 9.84 Å². The first kappa shape index (κ1) is 17.2. The molecule has 1 aliphatic heterocycles. The van der Waals surface area contributed by atoms with E-state index in [1.165, 1.54) is 25.7 Å². The van der Waals surface area contributed by atoms with Gasteiger partial charge in [-0.25, -0.2) is 8.42 Å². The summed E-state index contributed by atoms with van der Waals surface area (Å²) in [6.45, 7) is 9.15. The predicted octanol–water partition coefficient (Wildman–Crippen LogP) is 1.90. The van der Waals surface area contributed by atoms with E-state index >= 15 is 0 Å². The van der Waals surface area contributed by atoms with Gasteiger partial charge in [-0.1, -0.05) is 27.2 Å². The Morgan fingerprint density at radius 2 is 1.81 bits per heavy atom. The van der Waals surface area contributed by atoms with Crippen LogP contribution in [0.15, 0.2) is 0 Å². The lowest BCUT2D eigenvalue weighted by Gasteiger charge is -2.47. The Morgan fingerprint density at radius 1 is 1.19 bits per heavy atom. The van der Waals surface area contributed by atoms with Crippen molar-refractivity contribution in [3.05, 3.63) is 0 Å². The van der Waals surface area contributed by atoms with Crippen molar-refractivity contribution in [1.29, 1.82) is 0 Å². The predicted molar refractivity (Wildman–Crippen MR) is 88.0 cm³/mol. The third kappa shape index (κ3) is 3.99. The number of rotatable bonds is 4. The minimum atomic E-state index is -2.80. The highest BCUT2D eigenvalue weighted by Gasteiger charge is 2.40. The van der Waals surface area contributed by atoms with Gasteiger partial charge < -0.3 is 5.73 Å². The second-order valence-corrected chi connectivity index (χ2v) is 9.91. The van der Waals surface area contributed by atoms with Crippen LogP contribution in [-0.4, -0.2) is 50.5 Å². The summed E-state index contributed by atoms with van der Waals surface area (Å²) < 4.78 is 23.3. The summed E-state index contributed by atoms with van der Waals surface area (Å²) in [5.41, 5.74) is 6.37. The molecule has 1 saturated carbocycles. The third-order valence-electron chi connectivity index (χ3n) is 6.12. The summed E-state index contributed by atoms with van der Waals surface area (Å²) in [5.74, 6) is 1.91. The van der Waals surface area contributed by atoms with Gasteiger partial charge in [-0.3, -0.25) is 4.90 Å². The van der Waals surface area contributed by atoms with Gasteiger partial charge in [0.2, 0.25) is 0 Å². The molecule has 2 rings (SSSR count). The monoisotopic (exact) mass is 316 g/mol. The molecule has 0 radical (unpaired) electrons. The molecule has 1 aliphatic carbocycles. The lowest BCUT2D eigenvalue weighted by Crippen LogP contribution is -2.53. The zero-order valence-electron chi connectivity index (χ0n) is 13.8. The average Bonchev–Trinajstić information content (AvgIpc) is 2.46. The van der Waals surface area contributed by atoms with E-state index in [9.17, 15) is 8.42 Å². The Balaban J connectivity index is 2.07. The summed E-state index contributed by atoms with van der Waals surface area (Å²) in [4.78, 5) is 2.41. The highest BCUT2D eigenvalue weighted by molar-refractivity contribution is 7.91. The number of nitrogens with two attached hydrogens (primary N) is 1. The fraction of sp³-hybridized carbons (Fsp3) is 1.00. The maximum absolute atomic E-state index is 11.6. The van der Waals surface area contributed by atoms with Gasteiger partial charge in [-0.2, -0.15) is 0 Å². The SMILES string of the molecule is CCC(C)(C)C1CCC(CN)C(N2CCS(=O)(=O)CC2)C1. The second kappa shape index (κ2) is 6.55. The van der Waals surface area contributed by atoms with Gasteiger partial charge in [-0.05, 0) is 43.1 Å². The highest BCUT2D eigenvalue weighted by atomic mass is 32.2. The van der Waals surface area contributed by atoms with Crippen molar-refractivity contribution in [2.24, 2.45) is 23.0 Å². The minimum absolute atomic E-state index is 0.322. The zero-order chi connectivity index (χ0) is 15.7. The van der Waals surface area contributed by atoms with Gasteiger partial charge in [0, 0.05) is 19.1 Å². The van der Waals surface area contributed by atoms with E-state index < -0.39 is 9.84 Å². The number of hydrogen-bond donors (Lipinski definition) is 1. The lowest BCUT2D eigenvalue weighted by atomic mass is 9.65. The van der Waals surface area contributed by atoms with Crippen molar-refractivity contribution in [1.82, 2.24) is 4.90 Å². The fourth-order valence-electron chi connectivity index (χ4n) is 3.99. The molecule has 1 saturated heterocycles. The van der Waals surface area contributed by atoms with Crippen molar-refractivity contribution in [2.75, 3.05) is 31.1 Å². The molecule has 1 heterocycles. The molecule has 2 aliphatic rings. The average molecular weight is 317 g/mol. The van der Waals surface area contributed by atoms with Gasteiger partial charge in [-0.15, -0.1) is 0 Å². The standard InChI is InChI=1S/C16H32N2O2S/c1-4-16(2,3)14-6-5-13(12-17)15(11-14)18-7-9-21(19,20)10-8-18/h13-15H,4-12,17H2,1-3H3. The molecule has 21 heavy (non-hydrogen) atoms. The Labute approximate surface area is 130 Å². The van der Waals surface area contributed by atoms with Crippen LogP contribution >= 0.6 is 0 Å². The molecule has 5 heteroatoms. The summed E-state index contributed by atoms with van der Waals surface area (Å²) >= 11 is 0. The van der Waals surface area contributed by atoms with E-state index in [1.54, 1.807) is 0 Å². The van der Waals surface area contributed by atoms with Crippen LogP contribution in [0.5, 0.6) is 0 Å². The lowest BCUT2D eigenvalue weighted by molar-refractivity contribution is 0.0416. The molecule has 0 aromatic rings. The van der Waals surface area contributed by atoms with Crippen LogP contribution in [0.1, 0.15) is 46.5 Å². The summed E-state index contributed by atoms with van der Waals surface area (Å²) in [5, 5.41) is 0. The van der Waals surface area contributed by atoms with Gasteiger partial charge >= 0.3 is 0 Å². The van der Waals surface area contributed by atoms with Crippen LogP contribution in [0.3, 0.4) is 0 Å². The normalized spacial score (nSPS) is 34.8. The molecule has 0 bridgehead atoms. The van der Waals surface area contributed by atoms with E-state index in [-0.39, 0.29) is 0 Å². The maximum Gasteiger partial charge on any atom is 0.152 e. The molecule has 0 spiro atoms. The van der Waals surface area contributed by atoms with Crippen molar-refractivity contribution in [3.63, 3.8) is 0 Å². The second-order valence-electron chi connectivity index (χ2n) is 7.60. The van der Waals surface area contributed by atoms with Crippen molar-refractivity contribution in [2.45, 2.75) is 52.5 Å². The van der Waals surface area contributed by atoms with Crippen molar-refractivity contribution < 1.29 is 8.42 Å². The zero-order valence-corrected chi connectivity index (χ0v) is 14.7. The van der Waals surface area contributed by atoms with Crippen LogP contribution in [0.2, 0.25) is 0 Å². The van der Waals surface area contributed by atoms with Crippen LogP contribution in [0.25, 0.3) is 0 Å². The molecule has 0 aromatic carbocycles. The summed E-state index contributed by atoms with van der Waals surface area (Å²) in [6.07, 6.45) is 4.85. The quantitative estimate of drug-likeness (QED) is 0.860. The number of nitrogens with zero attached hydrogens (tertiary/aromatic N) is 1. The van der Waals surface area contributed by atoms with E-state index in [2.05, 4.69) is 25.7 Å². The largest absolute Gasteiger partial charge is 0.330 e. The van der Waals surface area contributed by atoms with Gasteiger partial charge in [0.25, 0.3) is 0 Å².